The van der Waals surface area contributed by atoms with Gasteiger partial charge in [-0.2, -0.15) is 0 Å². The van der Waals surface area contributed by atoms with Crippen LogP contribution in [0.2, 0.25) is 5.02 Å². The average molecular weight is 299 g/mol. The minimum atomic E-state index is -1.26. The molecule has 1 aromatic rings. The van der Waals surface area contributed by atoms with Crippen LogP contribution in [0.25, 0.3) is 0 Å². The molecule has 0 aliphatic heterocycles. The number of aliphatic carboxylic acids is 1. The van der Waals surface area contributed by atoms with Crippen LogP contribution in [0.15, 0.2) is 24.3 Å². The van der Waals surface area contributed by atoms with Gasteiger partial charge >= 0.3 is 12.0 Å². The Morgan fingerprint density at radius 1 is 1.40 bits per heavy atom. The summed E-state index contributed by atoms with van der Waals surface area (Å²) in [5.41, 5.74) is -0.400. The number of carboxylic acids is 1. The maximum Gasteiger partial charge on any atom is 0.329 e. The topological polar surface area (TPSA) is 69.6 Å². The zero-order chi connectivity index (χ0) is 15.3. The van der Waals surface area contributed by atoms with E-state index in [1.807, 2.05) is 6.07 Å². The second-order valence-electron chi connectivity index (χ2n) is 4.90. The Kier molecular flexibility index (Phi) is 5.39. The van der Waals surface area contributed by atoms with Crippen LogP contribution in [0.3, 0.4) is 0 Å². The van der Waals surface area contributed by atoms with Crippen molar-refractivity contribution in [2.45, 2.75) is 32.9 Å². The number of hydrogen-bond acceptors (Lipinski definition) is 2. The maximum absolute atomic E-state index is 12.1. The third kappa shape index (κ3) is 3.87. The van der Waals surface area contributed by atoms with E-state index in [-0.39, 0.29) is 0 Å². The second kappa shape index (κ2) is 6.61. The molecular weight excluding hydrogens is 280 g/mol. The van der Waals surface area contributed by atoms with Crippen LogP contribution >= 0.6 is 11.6 Å². The molecule has 1 rings (SSSR count). The number of amides is 2. The molecule has 0 saturated carbocycles. The molecule has 6 heteroatoms. The van der Waals surface area contributed by atoms with E-state index in [9.17, 15) is 14.7 Å². The SMILES string of the molecule is CCN(C(=O)NCc1cccc(Cl)c1)C(C)(C)C(=O)O. The highest BCUT2D eigenvalue weighted by atomic mass is 35.5. The Bertz CT molecular complexity index is 503. The van der Waals surface area contributed by atoms with E-state index in [4.69, 9.17) is 11.6 Å². The lowest BCUT2D eigenvalue weighted by Gasteiger charge is -2.34. The average Bonchev–Trinajstić information content (AvgIpc) is 2.36. The molecule has 0 atom stereocenters. The van der Waals surface area contributed by atoms with Gasteiger partial charge in [-0.05, 0) is 38.5 Å². The minimum Gasteiger partial charge on any atom is -0.480 e. The van der Waals surface area contributed by atoms with E-state index in [1.54, 1.807) is 25.1 Å². The molecule has 0 unspecified atom stereocenters. The third-order valence-corrected chi connectivity index (χ3v) is 3.33. The summed E-state index contributed by atoms with van der Waals surface area (Å²) in [6.07, 6.45) is 0. The largest absolute Gasteiger partial charge is 0.480 e. The summed E-state index contributed by atoms with van der Waals surface area (Å²) in [4.78, 5) is 24.6. The van der Waals surface area contributed by atoms with Crippen molar-refractivity contribution in [3.05, 3.63) is 34.9 Å². The van der Waals surface area contributed by atoms with Gasteiger partial charge < -0.3 is 15.3 Å². The zero-order valence-corrected chi connectivity index (χ0v) is 12.6. The Morgan fingerprint density at radius 2 is 2.05 bits per heavy atom. The summed E-state index contributed by atoms with van der Waals surface area (Å²) in [6.45, 7) is 5.34. The quantitative estimate of drug-likeness (QED) is 0.878. The number of nitrogens with one attached hydrogen (secondary N) is 1. The van der Waals surface area contributed by atoms with Crippen molar-refractivity contribution in [1.29, 1.82) is 0 Å². The monoisotopic (exact) mass is 298 g/mol. The summed E-state index contributed by atoms with van der Waals surface area (Å²) in [5.74, 6) is -1.04. The van der Waals surface area contributed by atoms with Crippen LogP contribution in [0, 0.1) is 0 Å². The summed E-state index contributed by atoms with van der Waals surface area (Å²) in [5, 5.41) is 12.5. The molecule has 0 aromatic heterocycles. The fourth-order valence-electron chi connectivity index (χ4n) is 1.83. The number of carbonyl (C=O) groups is 2. The van der Waals surface area contributed by atoms with Gasteiger partial charge in [0.05, 0.1) is 0 Å². The molecule has 0 radical (unpaired) electrons. The Morgan fingerprint density at radius 3 is 2.55 bits per heavy atom. The van der Waals surface area contributed by atoms with Gasteiger partial charge in [-0.25, -0.2) is 9.59 Å². The van der Waals surface area contributed by atoms with Gasteiger partial charge in [0.2, 0.25) is 0 Å². The molecule has 0 spiro atoms. The van der Waals surface area contributed by atoms with Crippen molar-refractivity contribution in [3.8, 4) is 0 Å². The molecule has 2 amide bonds. The number of carboxylic acid groups (broad SMARTS) is 1. The number of likely N-dealkylation sites (N-methyl/N-ethyl adjacent to an activating group) is 1. The number of rotatable bonds is 5. The lowest BCUT2D eigenvalue weighted by Crippen LogP contribution is -2.55. The number of carbonyl (C=O) groups excluding carboxylic acids is 1. The van der Waals surface area contributed by atoms with E-state index in [0.29, 0.717) is 18.1 Å². The van der Waals surface area contributed by atoms with Crippen LogP contribution in [0.1, 0.15) is 26.3 Å². The fraction of sp³-hybridized carbons (Fsp3) is 0.429. The molecule has 20 heavy (non-hydrogen) atoms. The summed E-state index contributed by atoms with van der Waals surface area (Å²) >= 11 is 5.86. The number of benzene rings is 1. The molecule has 0 aliphatic rings. The molecule has 0 saturated heterocycles. The van der Waals surface area contributed by atoms with E-state index >= 15 is 0 Å². The molecular formula is C14H19ClN2O3. The van der Waals surface area contributed by atoms with Crippen molar-refractivity contribution < 1.29 is 14.7 Å². The summed E-state index contributed by atoms with van der Waals surface area (Å²) in [7, 11) is 0. The van der Waals surface area contributed by atoms with Gasteiger partial charge in [0, 0.05) is 18.1 Å². The van der Waals surface area contributed by atoms with Gasteiger partial charge in [-0.15, -0.1) is 0 Å². The highest BCUT2D eigenvalue weighted by Gasteiger charge is 2.36. The van der Waals surface area contributed by atoms with Crippen LogP contribution in [-0.2, 0) is 11.3 Å². The van der Waals surface area contributed by atoms with Gasteiger partial charge in [0.25, 0.3) is 0 Å². The Balaban J connectivity index is 2.72. The first-order chi connectivity index (χ1) is 9.28. The smallest absolute Gasteiger partial charge is 0.329 e. The van der Waals surface area contributed by atoms with Crippen molar-refractivity contribution >= 4 is 23.6 Å². The van der Waals surface area contributed by atoms with E-state index in [2.05, 4.69) is 5.32 Å². The van der Waals surface area contributed by atoms with E-state index < -0.39 is 17.5 Å². The lowest BCUT2D eigenvalue weighted by molar-refractivity contribution is -0.147. The molecule has 1 aromatic carbocycles. The number of nitrogens with zero attached hydrogens (tertiary/aromatic N) is 1. The Hall–Kier alpha value is -1.75. The summed E-state index contributed by atoms with van der Waals surface area (Å²) < 4.78 is 0. The molecule has 2 N–H and O–H groups in total. The predicted octanol–water partition coefficient (Wildman–Crippen LogP) is 2.73. The van der Waals surface area contributed by atoms with Crippen molar-refractivity contribution in [3.63, 3.8) is 0 Å². The van der Waals surface area contributed by atoms with Crippen molar-refractivity contribution in [2.24, 2.45) is 0 Å². The van der Waals surface area contributed by atoms with Gasteiger partial charge in [0.15, 0.2) is 0 Å². The van der Waals surface area contributed by atoms with E-state index in [1.165, 1.54) is 18.7 Å². The predicted molar refractivity (Wildman–Crippen MR) is 77.8 cm³/mol. The standard InChI is InChI=1S/C14H19ClN2O3/c1-4-17(14(2,3)12(18)19)13(20)16-9-10-6-5-7-11(15)8-10/h5-8H,4,9H2,1-3H3,(H,16,20)(H,18,19). The molecule has 0 fully saturated rings. The van der Waals surface area contributed by atoms with Crippen LogP contribution in [0.5, 0.6) is 0 Å². The first-order valence-electron chi connectivity index (χ1n) is 6.32. The van der Waals surface area contributed by atoms with Crippen LogP contribution < -0.4 is 5.32 Å². The number of halogens is 1. The molecule has 0 aliphatic carbocycles. The fourth-order valence-corrected chi connectivity index (χ4v) is 2.04. The number of urea groups is 1. The van der Waals surface area contributed by atoms with Crippen LogP contribution in [0.4, 0.5) is 4.79 Å². The van der Waals surface area contributed by atoms with Gasteiger partial charge in [0.1, 0.15) is 5.54 Å². The Labute approximate surface area is 123 Å². The van der Waals surface area contributed by atoms with Crippen molar-refractivity contribution in [2.75, 3.05) is 6.54 Å². The van der Waals surface area contributed by atoms with Gasteiger partial charge in [-0.1, -0.05) is 23.7 Å². The molecule has 0 bridgehead atoms. The maximum atomic E-state index is 12.1. The lowest BCUT2D eigenvalue weighted by atomic mass is 10.0. The molecule has 5 nitrogen and oxygen atoms in total. The second-order valence-corrected chi connectivity index (χ2v) is 5.33. The zero-order valence-electron chi connectivity index (χ0n) is 11.8. The first-order valence-corrected chi connectivity index (χ1v) is 6.70. The van der Waals surface area contributed by atoms with Crippen LogP contribution in [-0.4, -0.2) is 34.1 Å². The third-order valence-electron chi connectivity index (χ3n) is 3.09. The number of hydrogen-bond donors (Lipinski definition) is 2. The molecule has 110 valence electrons. The normalized spacial score (nSPS) is 11.0. The first kappa shape index (κ1) is 16.3. The summed E-state index contributed by atoms with van der Waals surface area (Å²) in [6, 6.07) is 6.71. The van der Waals surface area contributed by atoms with Gasteiger partial charge in [-0.3, -0.25) is 0 Å². The van der Waals surface area contributed by atoms with E-state index in [0.717, 1.165) is 5.56 Å². The van der Waals surface area contributed by atoms with Crippen molar-refractivity contribution in [1.82, 2.24) is 10.2 Å². The minimum absolute atomic E-state index is 0.297. The highest BCUT2D eigenvalue weighted by molar-refractivity contribution is 6.30. The highest BCUT2D eigenvalue weighted by Crippen LogP contribution is 2.15. The molecule has 0 heterocycles.